The summed E-state index contributed by atoms with van der Waals surface area (Å²) in [5.41, 5.74) is 10.0. The van der Waals surface area contributed by atoms with Gasteiger partial charge in [-0.25, -0.2) is 43.2 Å². The van der Waals surface area contributed by atoms with Gasteiger partial charge in [-0.2, -0.15) is 0 Å². The van der Waals surface area contributed by atoms with Gasteiger partial charge < -0.3 is 116 Å². The predicted octanol–water partition coefficient (Wildman–Crippen LogP) is 10.2. The number of aliphatic hydroxyl groups excluding tert-OH is 1. The van der Waals surface area contributed by atoms with Gasteiger partial charge in [0.15, 0.2) is 6.04 Å². The summed E-state index contributed by atoms with van der Waals surface area (Å²) in [6.07, 6.45) is -2.47. The topological polar surface area (TPSA) is 580 Å². The molecule has 0 radical (unpaired) electrons. The number of fused-ring (bicyclic) bond motifs is 5. The first-order valence-electron chi connectivity index (χ1n) is 44.4. The monoisotopic (exact) mass is 2330 g/mol. The van der Waals surface area contributed by atoms with E-state index in [1.807, 2.05) is 55.2 Å². The van der Waals surface area contributed by atoms with Gasteiger partial charge in [-0.3, -0.25) is 48.4 Å². The number of aromatic hydroxyl groups is 2. The molecule has 826 valence electrons. The van der Waals surface area contributed by atoms with Gasteiger partial charge in [-0.15, -0.1) is 12.4 Å². The molecule has 7 rings (SSSR count). The molecule has 13 N–H and O–H groups in total. The molecular formula is C102H155ClI2LiN11O31. The summed E-state index contributed by atoms with van der Waals surface area (Å²) >= 11 is 4.23. The zero-order valence-electron chi connectivity index (χ0n) is 89.6. The van der Waals surface area contributed by atoms with Crippen molar-refractivity contribution in [1.82, 2.24) is 51.5 Å². The number of nitrogens with one attached hydrogen (secondary N) is 6. The number of halogens is 3. The molecular weight excluding hydrogens is 2170 g/mol. The molecule has 1 aliphatic heterocycles. The van der Waals surface area contributed by atoms with Crippen molar-refractivity contribution in [1.29, 1.82) is 0 Å². The van der Waals surface area contributed by atoms with E-state index in [9.17, 15) is 87.2 Å². The van der Waals surface area contributed by atoms with Gasteiger partial charge in [0.2, 0.25) is 29.5 Å². The number of aliphatic carboxylic acids is 1. The van der Waals surface area contributed by atoms with Gasteiger partial charge in [-0.05, 0) is 276 Å². The van der Waals surface area contributed by atoms with E-state index in [2.05, 4.69) is 96.0 Å². The van der Waals surface area contributed by atoms with Crippen LogP contribution in [-0.4, -0.2) is 291 Å². The van der Waals surface area contributed by atoms with Crippen LogP contribution in [0.5, 0.6) is 23.0 Å². The molecule has 0 saturated carbocycles. The summed E-state index contributed by atoms with van der Waals surface area (Å²) in [6, 6.07) is 25.6. The quantitative estimate of drug-likeness (QED) is 0.00933. The first-order chi connectivity index (χ1) is 66.4. The molecule has 1 heterocycles. The number of benzene rings is 6. The average Bonchev–Trinajstić information content (AvgIpc) is 0.794. The minimum absolute atomic E-state index is 0. The SMILES string of the molecule is C.C.CI.CN(C(=O)OC(C)(C)C)[C@H](C(=O)O)c1ccc(O)cc1.CN[C@@H]1C(=O)N[C@@H](C)C(=O)N[C@H](C(=O)OC)Cc2ccc(C)c(c2)-c2cc1ccc2C.CO.COC(=O)[C@H](C)N.COC(=O)[C@H](C)NC(=O)[C@H](c1ccc(O)cc1)N(C)C(=O)OC(C)(C)C.COC(=O)[C@H](C)NC(=O)[C@H](c1ccc(OC)c(I)c1)N(C)C(=O)OC(C)(C)C.COC(=O)[C@H](C)NC(=O)[C@H](c1ccc(OC)cc1)N(C)C(=O)OC(C)(C)C.Cl.[Li+].[OH-]. The number of likely N-dealkylation sites (N-methyl/N-ethyl adjacent to an activating group) is 5. The zero-order valence-corrected chi connectivity index (χ0v) is 94.7. The number of ether oxygens (including phenoxy) is 11. The number of carbonyl (C=O) groups is 15. The van der Waals surface area contributed by atoms with E-state index in [0.717, 1.165) is 53.9 Å². The number of nitrogens with zero attached hydrogens (tertiary/aromatic N) is 4. The van der Waals surface area contributed by atoms with Crippen molar-refractivity contribution in [2.75, 3.05) is 97.0 Å². The van der Waals surface area contributed by atoms with E-state index >= 15 is 0 Å². The summed E-state index contributed by atoms with van der Waals surface area (Å²) in [5, 5.41) is 51.1. The molecule has 0 unspecified atom stereocenters. The number of nitrogens with two attached hydrogens (primary N) is 1. The summed E-state index contributed by atoms with van der Waals surface area (Å²) in [6.45, 7) is 32.4. The summed E-state index contributed by atoms with van der Waals surface area (Å²) in [4.78, 5) is 189. The van der Waals surface area contributed by atoms with Gasteiger partial charge >= 0.3 is 79.0 Å². The van der Waals surface area contributed by atoms with E-state index in [4.69, 9.17) is 44.0 Å². The minimum atomic E-state index is -1.18. The molecule has 148 heavy (non-hydrogen) atoms. The second kappa shape index (κ2) is 70.0. The Balaban J connectivity index is -0.000000413. The van der Waals surface area contributed by atoms with Crippen molar-refractivity contribution in [3.63, 3.8) is 0 Å². The van der Waals surface area contributed by atoms with Crippen LogP contribution < -0.4 is 66.0 Å². The fraction of sp³-hybridized carbons (Fsp3) is 0.500. The Kier molecular flexibility index (Phi) is 69.4. The van der Waals surface area contributed by atoms with E-state index in [0.29, 0.717) is 33.8 Å². The number of alkyl halides is 1. The standard InChI is InChI=1S/C24H29N3O4.C19H27IN2O6.C19H28N2O6.C18H26N2O6.C14H19NO5.C4H9NO2.CH3I.CH4O.2CH4.ClH.Li.H2O/c1-13-6-8-16-10-18(13)19-12-17(9-7-14(19)2)21(25-4)23(29)26-15(3)22(28)27-20(11-16)24(30)31-5;1-11(17(24)27-7)21-16(23)15(22(5)18(25)28-19(2,3)4)12-8-9-14(26-6)13(20)10-12;1-12(17(23)26-7)20-16(22)15(13-8-10-14(25-6)11-9-13)21(5)18(24)27-19(2,3)4;1-11(16(23)25-6)19-15(22)14(12-7-9-13(21)10-8-12)20(5)17(24)26-18(2,3)4;1-14(2,3)20-13(19)15(4)11(12(17)18)9-5-7-10(16)8-6-9;1-3(5)4(6)7-2;2*1-2;;;;;/h6-10,12,15,20-21,25H,11H2,1-5H3,(H,26,29)(H,27,28);8-11,15H,1-7H3,(H,21,23);8-12,15H,1-7H3,(H,20,22);7-11,14,21H,1-6H3,(H,19,22);5-8,11,16H,1-4H3,(H,17,18);3H,5H2,1-2H3;1H3;2H,1H3;2*1H4;1H;;1H2/q;;;;;;;;;;;+1;/p-1/t15-,20-,21-;11-,15-;12-,15-;11-,14-;11-;3-;;;;;;;/m000000......./s1. The average molecular weight is 2330 g/mol. The number of phenols is 2. The van der Waals surface area contributed by atoms with E-state index < -0.39 is 167 Å². The van der Waals surface area contributed by atoms with Crippen LogP contribution in [0.25, 0.3) is 11.1 Å². The molecule has 4 bridgehead atoms. The van der Waals surface area contributed by atoms with Gasteiger partial charge in [-0.1, -0.05) is 110 Å². The molecule has 0 saturated heterocycles. The number of aliphatic hydroxyl groups is 1. The molecule has 0 aliphatic carbocycles. The van der Waals surface area contributed by atoms with Crippen molar-refractivity contribution in [2.24, 2.45) is 5.73 Å². The van der Waals surface area contributed by atoms with Crippen LogP contribution in [0.15, 0.2) is 127 Å². The number of aryl methyl sites for hydroxylation is 2. The summed E-state index contributed by atoms with van der Waals surface area (Å²) in [5.74, 6) is -4.99. The Morgan fingerprint density at radius 2 is 0.770 bits per heavy atom. The number of carboxylic acid groups (broad SMARTS) is 1. The van der Waals surface area contributed by atoms with Gasteiger partial charge in [0, 0.05) is 41.7 Å². The van der Waals surface area contributed by atoms with Crippen LogP contribution in [0, 0.1) is 17.4 Å². The normalized spacial score (nSPS) is 14.1. The maximum atomic E-state index is 12.9. The minimum Gasteiger partial charge on any atom is -0.870 e. The molecule has 0 aromatic heterocycles. The van der Waals surface area contributed by atoms with Gasteiger partial charge in [0.25, 0.3) is 0 Å². The van der Waals surface area contributed by atoms with Crippen molar-refractivity contribution >= 4 is 147 Å². The molecule has 0 spiro atoms. The van der Waals surface area contributed by atoms with E-state index in [-0.39, 0.29) is 81.4 Å². The van der Waals surface area contributed by atoms with Crippen molar-refractivity contribution in [3.8, 4) is 34.1 Å². The summed E-state index contributed by atoms with van der Waals surface area (Å²) < 4.78 is 55.4. The number of esters is 5. The molecule has 0 fully saturated rings. The number of hydrogen-bond acceptors (Lipinski definition) is 32. The number of carboxylic acids is 1. The molecule has 46 heteroatoms. The van der Waals surface area contributed by atoms with E-state index in [1.165, 1.54) is 150 Å². The van der Waals surface area contributed by atoms with Gasteiger partial charge in [0.1, 0.15) is 106 Å². The molecule has 42 nitrogen and oxygen atoms in total. The Labute approximate surface area is 915 Å². The Morgan fingerprint density at radius 3 is 1.07 bits per heavy atom. The van der Waals surface area contributed by atoms with Crippen LogP contribution >= 0.6 is 57.6 Å². The largest absolute Gasteiger partial charge is 1.00 e. The number of carbonyl (C=O) groups excluding carboxylic acids is 14. The summed E-state index contributed by atoms with van der Waals surface area (Å²) in [7, 11) is 17.8. The maximum Gasteiger partial charge on any atom is 1.00 e. The smallest absolute Gasteiger partial charge is 0.870 e. The fourth-order valence-corrected chi connectivity index (χ4v) is 13.3. The second-order valence-corrected chi connectivity index (χ2v) is 36.9. The predicted molar refractivity (Wildman–Crippen MR) is 573 cm³/mol. The number of phenolic OH excluding ortho intramolecular Hbond substituents is 2. The third kappa shape index (κ3) is 50.3. The van der Waals surface area contributed by atoms with Crippen molar-refractivity contribution in [3.05, 3.63) is 175 Å². The maximum absolute atomic E-state index is 12.9. The van der Waals surface area contributed by atoms with Crippen molar-refractivity contribution < 1.29 is 169 Å². The molecule has 11 atom stereocenters. The van der Waals surface area contributed by atoms with Crippen LogP contribution in [0.3, 0.4) is 0 Å². The molecule has 9 amide bonds. The second-order valence-electron chi connectivity index (χ2n) is 35.7. The number of methoxy groups -OCH3 is 7. The van der Waals surface area contributed by atoms with Crippen LogP contribution in [-0.2, 0) is 102 Å². The Bertz CT molecular complexity index is 5200. The zero-order chi connectivity index (χ0) is 111. The first kappa shape index (κ1) is 147. The third-order valence-corrected chi connectivity index (χ3v) is 20.5. The fourth-order valence-electron chi connectivity index (χ4n) is 12.5. The van der Waals surface area contributed by atoms with Gasteiger partial charge in [0.05, 0.1) is 53.3 Å². The van der Waals surface area contributed by atoms with Crippen molar-refractivity contribution in [2.45, 2.75) is 242 Å². The molecule has 6 aromatic rings. The Hall–Kier alpha value is -12.0. The van der Waals surface area contributed by atoms with E-state index in [1.54, 1.807) is 154 Å². The third-order valence-electron chi connectivity index (χ3n) is 19.6. The number of amides is 9. The Morgan fingerprint density at radius 1 is 0.453 bits per heavy atom. The first-order valence-corrected chi connectivity index (χ1v) is 47.6. The molecule has 1 aliphatic rings. The molecule has 6 aromatic carbocycles. The number of rotatable bonds is 23. The van der Waals surface area contributed by atoms with Crippen LogP contribution in [0.2, 0.25) is 0 Å². The number of hydrogen-bond donors (Lipinski definition) is 11. The van der Waals surface area contributed by atoms with Crippen LogP contribution in [0.1, 0.15) is 207 Å². The van der Waals surface area contributed by atoms with Crippen LogP contribution in [0.4, 0.5) is 19.2 Å².